The lowest BCUT2D eigenvalue weighted by Crippen LogP contribution is -2.46. The Labute approximate surface area is 116 Å². The highest BCUT2D eigenvalue weighted by atomic mass is 16.5. The molecular weight excluding hydrogens is 262 g/mol. The van der Waals surface area contributed by atoms with Crippen LogP contribution in [0.15, 0.2) is 17.2 Å². The third kappa shape index (κ3) is 3.36. The highest BCUT2D eigenvalue weighted by molar-refractivity contribution is 5.67. The molecule has 7 heteroatoms. The number of aryl methyl sites for hydroxylation is 1. The first kappa shape index (κ1) is 14.5. The highest BCUT2D eigenvalue weighted by Gasteiger charge is 2.25. The second kappa shape index (κ2) is 6.51. The summed E-state index contributed by atoms with van der Waals surface area (Å²) < 4.78 is 7.03. The van der Waals surface area contributed by atoms with Crippen LogP contribution in [-0.4, -0.2) is 46.4 Å². The molecule has 0 saturated carbocycles. The number of hydrogen-bond acceptors (Lipinski definition) is 5. The number of ether oxygens (including phenoxy) is 1. The molecule has 1 aromatic rings. The van der Waals surface area contributed by atoms with Crippen molar-refractivity contribution in [1.82, 2.24) is 9.55 Å². The third-order valence-corrected chi connectivity index (χ3v) is 3.20. The molecule has 2 rings (SSSR count). The molecule has 1 N–H and O–H groups in total. The van der Waals surface area contributed by atoms with Crippen LogP contribution >= 0.6 is 0 Å². The standard InChI is InChI=1S/C13H19N3O4/c1-2-4-15-5-3-14-12(13(15)19)16-6-7-20-10(9-16)8-11(17)18/h3,5,10H,2,4,6-9H2,1H3,(H,17,18). The van der Waals surface area contributed by atoms with Gasteiger partial charge in [0.25, 0.3) is 5.56 Å². The van der Waals surface area contributed by atoms with E-state index in [1.807, 2.05) is 11.8 Å². The van der Waals surface area contributed by atoms with Crippen LogP contribution in [0, 0.1) is 0 Å². The molecular formula is C13H19N3O4. The van der Waals surface area contributed by atoms with Gasteiger partial charge in [-0.3, -0.25) is 9.59 Å². The Hall–Kier alpha value is -1.89. The van der Waals surface area contributed by atoms with Crippen molar-refractivity contribution in [3.05, 3.63) is 22.7 Å². The van der Waals surface area contributed by atoms with E-state index in [1.54, 1.807) is 17.0 Å². The zero-order chi connectivity index (χ0) is 14.5. The van der Waals surface area contributed by atoms with Gasteiger partial charge in [0.05, 0.1) is 19.1 Å². The molecule has 1 atom stereocenters. The molecule has 0 aliphatic carbocycles. The summed E-state index contributed by atoms with van der Waals surface area (Å²) in [5.74, 6) is -0.527. The molecule has 0 spiro atoms. The van der Waals surface area contributed by atoms with E-state index in [2.05, 4.69) is 4.98 Å². The molecule has 20 heavy (non-hydrogen) atoms. The number of aliphatic carboxylic acids is 1. The van der Waals surface area contributed by atoms with Crippen LogP contribution in [0.4, 0.5) is 5.82 Å². The summed E-state index contributed by atoms with van der Waals surface area (Å²) in [6.45, 7) is 3.99. The Balaban J connectivity index is 2.16. The first-order chi connectivity index (χ1) is 9.61. The first-order valence-electron chi connectivity index (χ1n) is 6.75. The van der Waals surface area contributed by atoms with Crippen LogP contribution in [0.1, 0.15) is 19.8 Å². The van der Waals surface area contributed by atoms with Crippen LogP contribution in [0.25, 0.3) is 0 Å². The molecule has 0 amide bonds. The van der Waals surface area contributed by atoms with E-state index in [-0.39, 0.29) is 12.0 Å². The number of anilines is 1. The Bertz CT molecular complexity index is 529. The van der Waals surface area contributed by atoms with Crippen molar-refractivity contribution in [3.8, 4) is 0 Å². The lowest BCUT2D eigenvalue weighted by molar-refractivity contribution is -0.140. The normalized spacial score (nSPS) is 19.1. The summed E-state index contributed by atoms with van der Waals surface area (Å²) in [6.07, 6.45) is 3.68. The van der Waals surface area contributed by atoms with Gasteiger partial charge in [0.15, 0.2) is 5.82 Å². The van der Waals surface area contributed by atoms with E-state index in [1.165, 1.54) is 0 Å². The minimum Gasteiger partial charge on any atom is -0.481 e. The van der Waals surface area contributed by atoms with Crippen molar-refractivity contribution in [2.24, 2.45) is 0 Å². The molecule has 1 aliphatic heterocycles. The molecule has 1 unspecified atom stereocenters. The molecule has 0 bridgehead atoms. The SMILES string of the molecule is CCCn1ccnc(N2CCOC(CC(=O)O)C2)c1=O. The summed E-state index contributed by atoms with van der Waals surface area (Å²) in [7, 11) is 0. The van der Waals surface area contributed by atoms with Crippen LogP contribution in [-0.2, 0) is 16.1 Å². The largest absolute Gasteiger partial charge is 0.481 e. The fraction of sp³-hybridized carbons (Fsp3) is 0.615. The van der Waals surface area contributed by atoms with Crippen LogP contribution in [0.2, 0.25) is 0 Å². The number of rotatable bonds is 5. The zero-order valence-electron chi connectivity index (χ0n) is 11.5. The molecule has 1 saturated heterocycles. The third-order valence-electron chi connectivity index (χ3n) is 3.20. The molecule has 1 aliphatic rings. The summed E-state index contributed by atoms with van der Waals surface area (Å²) in [4.78, 5) is 29.0. The summed E-state index contributed by atoms with van der Waals surface area (Å²) in [5.41, 5.74) is -0.134. The topological polar surface area (TPSA) is 84.7 Å². The number of hydrogen-bond donors (Lipinski definition) is 1. The molecule has 0 aromatic carbocycles. The molecule has 2 heterocycles. The van der Waals surface area contributed by atoms with Gasteiger partial charge in [0.2, 0.25) is 0 Å². The zero-order valence-corrected chi connectivity index (χ0v) is 11.5. The Kier molecular flexibility index (Phi) is 4.73. The van der Waals surface area contributed by atoms with E-state index in [9.17, 15) is 9.59 Å². The van der Waals surface area contributed by atoms with Gasteiger partial charge in [-0.05, 0) is 6.42 Å². The number of carbonyl (C=O) groups is 1. The second-order valence-electron chi connectivity index (χ2n) is 4.79. The fourth-order valence-electron chi connectivity index (χ4n) is 2.30. The lowest BCUT2D eigenvalue weighted by atomic mass is 10.2. The van der Waals surface area contributed by atoms with Gasteiger partial charge < -0.3 is 19.3 Å². The Morgan fingerprint density at radius 1 is 1.60 bits per heavy atom. The van der Waals surface area contributed by atoms with Crippen LogP contribution in [0.5, 0.6) is 0 Å². The molecule has 1 aromatic heterocycles. The average Bonchev–Trinajstić information content (AvgIpc) is 2.41. The van der Waals surface area contributed by atoms with Crippen LogP contribution < -0.4 is 10.5 Å². The van der Waals surface area contributed by atoms with E-state index in [0.717, 1.165) is 6.42 Å². The maximum atomic E-state index is 12.3. The molecule has 1 fully saturated rings. The van der Waals surface area contributed by atoms with Crippen molar-refractivity contribution >= 4 is 11.8 Å². The van der Waals surface area contributed by atoms with E-state index in [4.69, 9.17) is 9.84 Å². The smallest absolute Gasteiger partial charge is 0.306 e. The van der Waals surface area contributed by atoms with E-state index in [0.29, 0.717) is 32.1 Å². The van der Waals surface area contributed by atoms with Crippen molar-refractivity contribution in [2.75, 3.05) is 24.6 Å². The number of nitrogens with zero attached hydrogens (tertiary/aromatic N) is 3. The average molecular weight is 281 g/mol. The van der Waals surface area contributed by atoms with Gasteiger partial charge in [-0.1, -0.05) is 6.92 Å². The lowest BCUT2D eigenvalue weighted by Gasteiger charge is -2.32. The van der Waals surface area contributed by atoms with Crippen molar-refractivity contribution in [3.63, 3.8) is 0 Å². The van der Waals surface area contributed by atoms with Crippen molar-refractivity contribution in [2.45, 2.75) is 32.4 Å². The predicted octanol–water partition coefficient (Wildman–Crippen LogP) is 0.333. The maximum Gasteiger partial charge on any atom is 0.306 e. The fourth-order valence-corrected chi connectivity index (χ4v) is 2.30. The van der Waals surface area contributed by atoms with E-state index >= 15 is 0 Å². The number of morpholine rings is 1. The highest BCUT2D eigenvalue weighted by Crippen LogP contribution is 2.13. The van der Waals surface area contributed by atoms with Gasteiger partial charge in [-0.2, -0.15) is 0 Å². The summed E-state index contributed by atoms with van der Waals surface area (Å²) >= 11 is 0. The van der Waals surface area contributed by atoms with Gasteiger partial charge in [0.1, 0.15) is 0 Å². The van der Waals surface area contributed by atoms with Gasteiger partial charge in [-0.15, -0.1) is 0 Å². The molecule has 7 nitrogen and oxygen atoms in total. The maximum absolute atomic E-state index is 12.3. The number of carboxylic acids is 1. The predicted molar refractivity (Wildman–Crippen MR) is 73.0 cm³/mol. The minimum atomic E-state index is -0.902. The summed E-state index contributed by atoms with van der Waals surface area (Å²) in [6, 6.07) is 0. The van der Waals surface area contributed by atoms with Crippen LogP contribution in [0.3, 0.4) is 0 Å². The quantitative estimate of drug-likeness (QED) is 0.837. The van der Waals surface area contributed by atoms with Crippen molar-refractivity contribution in [1.29, 1.82) is 0 Å². The molecule has 0 radical (unpaired) electrons. The van der Waals surface area contributed by atoms with E-state index < -0.39 is 12.1 Å². The van der Waals surface area contributed by atoms with Gasteiger partial charge >= 0.3 is 5.97 Å². The second-order valence-corrected chi connectivity index (χ2v) is 4.79. The minimum absolute atomic E-state index is 0.0630. The van der Waals surface area contributed by atoms with Crippen molar-refractivity contribution < 1.29 is 14.6 Å². The number of carboxylic acid groups (broad SMARTS) is 1. The monoisotopic (exact) mass is 281 g/mol. The van der Waals surface area contributed by atoms with Gasteiger partial charge in [0, 0.05) is 32.0 Å². The Morgan fingerprint density at radius 2 is 2.40 bits per heavy atom. The summed E-state index contributed by atoms with van der Waals surface area (Å²) in [5, 5.41) is 8.81. The Morgan fingerprint density at radius 3 is 3.10 bits per heavy atom. The first-order valence-corrected chi connectivity index (χ1v) is 6.75. The van der Waals surface area contributed by atoms with Gasteiger partial charge in [-0.25, -0.2) is 4.98 Å². The number of aromatic nitrogens is 2. The molecule has 110 valence electrons.